The van der Waals surface area contributed by atoms with E-state index in [1.165, 1.54) is 12.5 Å². The lowest BCUT2D eigenvalue weighted by Crippen LogP contribution is -2.45. The van der Waals surface area contributed by atoms with Gasteiger partial charge in [-0.1, -0.05) is 29.8 Å². The minimum Gasteiger partial charge on any atom is -0.426 e. The van der Waals surface area contributed by atoms with Crippen LogP contribution in [-0.4, -0.2) is 11.6 Å². The highest BCUT2D eigenvalue weighted by Crippen LogP contribution is 2.52. The van der Waals surface area contributed by atoms with Crippen LogP contribution in [0.3, 0.4) is 0 Å². The van der Waals surface area contributed by atoms with Crippen LogP contribution in [0.5, 0.6) is 5.75 Å². The number of carbonyl (C=O) groups excluding carboxylic acids is 1. The first-order valence-electron chi connectivity index (χ1n) is 8.00. The van der Waals surface area contributed by atoms with Crippen LogP contribution in [0.2, 0.25) is 0 Å². The van der Waals surface area contributed by atoms with Crippen molar-refractivity contribution in [2.75, 3.05) is 0 Å². The van der Waals surface area contributed by atoms with Crippen molar-refractivity contribution in [3.63, 3.8) is 0 Å². The highest BCUT2D eigenvalue weighted by atomic mass is 16.5. The smallest absolute Gasteiger partial charge is 0.308 e. The Labute approximate surface area is 132 Å². The zero-order chi connectivity index (χ0) is 15.9. The summed E-state index contributed by atoms with van der Waals surface area (Å²) in [5, 5.41) is 0. The molecule has 0 N–H and O–H groups in total. The molecular formula is C19H24O3. The van der Waals surface area contributed by atoms with E-state index in [4.69, 9.17) is 9.47 Å². The van der Waals surface area contributed by atoms with Crippen molar-refractivity contribution < 1.29 is 14.3 Å². The van der Waals surface area contributed by atoms with Gasteiger partial charge < -0.3 is 9.47 Å². The molecule has 0 amide bonds. The second kappa shape index (κ2) is 5.54. The van der Waals surface area contributed by atoms with Crippen LogP contribution in [0.15, 0.2) is 35.9 Å². The van der Waals surface area contributed by atoms with E-state index in [1.807, 2.05) is 24.3 Å². The second-order valence-corrected chi connectivity index (χ2v) is 7.00. The Morgan fingerprint density at radius 2 is 2.05 bits per heavy atom. The molecule has 1 aliphatic carbocycles. The normalized spacial score (nSPS) is 29.6. The van der Waals surface area contributed by atoms with Crippen molar-refractivity contribution in [2.24, 2.45) is 11.8 Å². The van der Waals surface area contributed by atoms with Gasteiger partial charge in [-0.2, -0.15) is 0 Å². The van der Waals surface area contributed by atoms with Gasteiger partial charge in [-0.3, -0.25) is 4.79 Å². The van der Waals surface area contributed by atoms with Crippen LogP contribution in [-0.2, 0) is 9.53 Å². The molecule has 3 atom stereocenters. The van der Waals surface area contributed by atoms with E-state index in [9.17, 15) is 4.79 Å². The SMILES string of the molecule is CC(=O)Oc1ccccc1C1OC(C)(C)C2CC=C(C)C1C2. The van der Waals surface area contributed by atoms with E-state index in [-0.39, 0.29) is 17.7 Å². The van der Waals surface area contributed by atoms with E-state index >= 15 is 0 Å². The van der Waals surface area contributed by atoms with Crippen molar-refractivity contribution in [1.29, 1.82) is 0 Å². The summed E-state index contributed by atoms with van der Waals surface area (Å²) < 4.78 is 11.9. The van der Waals surface area contributed by atoms with E-state index in [0.29, 0.717) is 17.6 Å². The third kappa shape index (κ3) is 2.70. The van der Waals surface area contributed by atoms with E-state index in [1.54, 1.807) is 0 Å². The van der Waals surface area contributed by atoms with Crippen LogP contribution in [0.4, 0.5) is 0 Å². The van der Waals surface area contributed by atoms with E-state index in [2.05, 4.69) is 26.8 Å². The third-order valence-electron chi connectivity index (χ3n) is 5.11. The van der Waals surface area contributed by atoms with E-state index in [0.717, 1.165) is 18.4 Å². The predicted molar refractivity (Wildman–Crippen MR) is 85.6 cm³/mol. The Morgan fingerprint density at radius 1 is 1.32 bits per heavy atom. The fourth-order valence-electron chi connectivity index (χ4n) is 3.75. The highest BCUT2D eigenvalue weighted by Gasteiger charge is 2.46. The van der Waals surface area contributed by atoms with Gasteiger partial charge in [-0.05, 0) is 45.6 Å². The number of rotatable bonds is 2. The number of hydrogen-bond donors (Lipinski definition) is 0. The molecule has 0 saturated carbocycles. The molecule has 0 aromatic heterocycles. The molecule has 1 fully saturated rings. The molecular weight excluding hydrogens is 276 g/mol. The molecule has 3 nitrogen and oxygen atoms in total. The predicted octanol–water partition coefficient (Wildman–Crippen LogP) is 4.43. The van der Waals surface area contributed by atoms with Gasteiger partial charge in [-0.25, -0.2) is 0 Å². The molecule has 2 aliphatic rings. The lowest BCUT2D eigenvalue weighted by Gasteiger charge is -2.49. The molecule has 1 saturated heterocycles. The van der Waals surface area contributed by atoms with Crippen LogP contribution < -0.4 is 4.74 Å². The number of carbonyl (C=O) groups is 1. The van der Waals surface area contributed by atoms with Gasteiger partial charge in [0.2, 0.25) is 0 Å². The zero-order valence-electron chi connectivity index (χ0n) is 13.8. The van der Waals surface area contributed by atoms with Crippen LogP contribution in [0, 0.1) is 11.8 Å². The summed E-state index contributed by atoms with van der Waals surface area (Å²) in [6, 6.07) is 7.73. The van der Waals surface area contributed by atoms with Crippen LogP contribution >= 0.6 is 0 Å². The first kappa shape index (κ1) is 15.3. The van der Waals surface area contributed by atoms with Gasteiger partial charge in [0.25, 0.3) is 0 Å². The van der Waals surface area contributed by atoms with Gasteiger partial charge in [0.1, 0.15) is 5.75 Å². The summed E-state index contributed by atoms with van der Waals surface area (Å²) >= 11 is 0. The molecule has 1 aromatic rings. The largest absolute Gasteiger partial charge is 0.426 e. The van der Waals surface area contributed by atoms with Gasteiger partial charge in [0.15, 0.2) is 0 Å². The zero-order valence-corrected chi connectivity index (χ0v) is 13.8. The number of para-hydroxylation sites is 1. The maximum absolute atomic E-state index is 11.4. The van der Waals surface area contributed by atoms with Crippen molar-refractivity contribution in [1.82, 2.24) is 0 Å². The first-order valence-corrected chi connectivity index (χ1v) is 8.00. The Hall–Kier alpha value is -1.61. The number of ether oxygens (including phenoxy) is 2. The molecule has 0 spiro atoms. The molecule has 3 heteroatoms. The molecule has 22 heavy (non-hydrogen) atoms. The van der Waals surface area contributed by atoms with Gasteiger partial charge >= 0.3 is 5.97 Å². The molecule has 2 bridgehead atoms. The summed E-state index contributed by atoms with van der Waals surface area (Å²) in [6.45, 7) is 7.96. The highest BCUT2D eigenvalue weighted by molar-refractivity contribution is 5.69. The first-order chi connectivity index (χ1) is 10.4. The Morgan fingerprint density at radius 3 is 2.77 bits per heavy atom. The minimum atomic E-state index is -0.295. The third-order valence-corrected chi connectivity index (χ3v) is 5.11. The number of allylic oxidation sites excluding steroid dienone is 1. The standard InChI is InChI=1S/C19H24O3/c1-12-9-10-14-11-16(12)18(22-19(14,3)4)15-7-5-6-8-17(15)21-13(2)20/h5-9,14,16,18H,10-11H2,1-4H3. The fraction of sp³-hybridized carbons (Fsp3) is 0.526. The maximum Gasteiger partial charge on any atom is 0.308 e. The fourth-order valence-corrected chi connectivity index (χ4v) is 3.75. The summed E-state index contributed by atoms with van der Waals surface area (Å²) in [5.74, 6) is 1.24. The number of hydrogen-bond acceptors (Lipinski definition) is 3. The van der Waals surface area contributed by atoms with Gasteiger partial charge in [0, 0.05) is 18.4 Å². The number of benzene rings is 1. The molecule has 3 unspecified atom stereocenters. The molecule has 3 rings (SSSR count). The Kier molecular flexibility index (Phi) is 3.85. The van der Waals surface area contributed by atoms with Crippen molar-refractivity contribution >= 4 is 5.97 Å². The molecule has 0 radical (unpaired) electrons. The molecule has 118 valence electrons. The molecule has 1 heterocycles. The van der Waals surface area contributed by atoms with Crippen molar-refractivity contribution in [3.8, 4) is 5.75 Å². The van der Waals surface area contributed by atoms with Crippen molar-refractivity contribution in [3.05, 3.63) is 41.5 Å². The van der Waals surface area contributed by atoms with Gasteiger partial charge in [-0.15, -0.1) is 0 Å². The monoisotopic (exact) mass is 300 g/mol. The van der Waals surface area contributed by atoms with Crippen LogP contribution in [0.1, 0.15) is 52.2 Å². The topological polar surface area (TPSA) is 35.5 Å². The van der Waals surface area contributed by atoms with E-state index < -0.39 is 0 Å². The lowest BCUT2D eigenvalue weighted by molar-refractivity contribution is -0.167. The van der Waals surface area contributed by atoms with Gasteiger partial charge in [0.05, 0.1) is 11.7 Å². The summed E-state index contributed by atoms with van der Waals surface area (Å²) in [7, 11) is 0. The Balaban J connectivity index is 2.01. The molecule has 1 aromatic carbocycles. The molecule has 1 aliphatic heterocycles. The average Bonchev–Trinajstić information content (AvgIpc) is 2.45. The van der Waals surface area contributed by atoms with Crippen LogP contribution in [0.25, 0.3) is 0 Å². The minimum absolute atomic E-state index is 0.0571. The second-order valence-electron chi connectivity index (χ2n) is 7.00. The lowest BCUT2D eigenvalue weighted by atomic mass is 9.68. The van der Waals surface area contributed by atoms with Crippen molar-refractivity contribution in [2.45, 2.75) is 52.2 Å². The summed E-state index contributed by atoms with van der Waals surface area (Å²) in [5.41, 5.74) is 2.19. The number of esters is 1. The number of fused-ring (bicyclic) bond motifs is 2. The summed E-state index contributed by atoms with van der Waals surface area (Å²) in [6.07, 6.45) is 4.52. The Bertz CT molecular complexity index is 615. The quantitative estimate of drug-likeness (QED) is 0.460. The average molecular weight is 300 g/mol. The maximum atomic E-state index is 11.4. The summed E-state index contributed by atoms with van der Waals surface area (Å²) in [4.78, 5) is 11.4.